The highest BCUT2D eigenvalue weighted by molar-refractivity contribution is 6.02. The number of hydrogen-bond acceptors (Lipinski definition) is 4. The van der Waals surface area contributed by atoms with Crippen LogP contribution < -0.4 is 10.6 Å². The molecule has 0 saturated carbocycles. The second-order valence-electron chi connectivity index (χ2n) is 3.97. The molecule has 1 aromatic carbocycles. The van der Waals surface area contributed by atoms with Crippen LogP contribution in [0.4, 0.5) is 14.9 Å². The van der Waals surface area contributed by atoms with E-state index in [2.05, 4.69) is 10.1 Å². The van der Waals surface area contributed by atoms with Gasteiger partial charge in [0, 0.05) is 6.08 Å². The van der Waals surface area contributed by atoms with E-state index in [0.29, 0.717) is 0 Å². The number of allylic oxidation sites excluding steroid dienone is 3. The summed E-state index contributed by atoms with van der Waals surface area (Å²) in [5.74, 6) is -2.19. The van der Waals surface area contributed by atoms with Crippen LogP contribution in [-0.2, 0) is 14.3 Å². The molecule has 116 valence electrons. The van der Waals surface area contributed by atoms with Crippen LogP contribution in [0, 0.1) is 5.82 Å². The number of imide groups is 1. The molecule has 0 aliphatic rings. The van der Waals surface area contributed by atoms with Gasteiger partial charge in [0.1, 0.15) is 5.82 Å². The van der Waals surface area contributed by atoms with Gasteiger partial charge in [-0.3, -0.25) is 10.1 Å². The van der Waals surface area contributed by atoms with Crippen molar-refractivity contribution in [2.24, 2.45) is 0 Å². The molecular weight excluding hydrogens is 291 g/mol. The number of rotatable bonds is 5. The molecule has 0 aliphatic carbocycles. The summed E-state index contributed by atoms with van der Waals surface area (Å²) in [6.07, 6.45) is 5.91. The van der Waals surface area contributed by atoms with Crippen molar-refractivity contribution < 1.29 is 23.5 Å². The van der Waals surface area contributed by atoms with E-state index >= 15 is 0 Å². The van der Waals surface area contributed by atoms with E-state index in [-0.39, 0.29) is 5.69 Å². The monoisotopic (exact) mass is 306 g/mol. The zero-order valence-electron chi connectivity index (χ0n) is 11.8. The molecule has 0 bridgehead atoms. The maximum absolute atomic E-state index is 13.3. The normalized spacial score (nSPS) is 10.6. The Kier molecular flexibility index (Phi) is 7.04. The van der Waals surface area contributed by atoms with Gasteiger partial charge in [0.2, 0.25) is 0 Å². The number of hydrogen-bond donors (Lipinski definition) is 2. The maximum Gasteiger partial charge on any atom is 0.331 e. The van der Waals surface area contributed by atoms with Crippen LogP contribution in [0.15, 0.2) is 48.6 Å². The molecule has 3 amide bonds. The van der Waals surface area contributed by atoms with E-state index in [1.54, 1.807) is 19.1 Å². The Hall–Kier alpha value is -2.96. The van der Waals surface area contributed by atoms with Gasteiger partial charge in [-0.05, 0) is 19.1 Å². The molecular formula is C15H15FN2O4. The number of para-hydroxylation sites is 1. The predicted molar refractivity (Wildman–Crippen MR) is 78.5 cm³/mol. The lowest BCUT2D eigenvalue weighted by atomic mass is 10.3. The molecule has 0 radical (unpaired) electrons. The molecule has 1 rings (SSSR count). The van der Waals surface area contributed by atoms with E-state index in [1.165, 1.54) is 24.3 Å². The zero-order chi connectivity index (χ0) is 16.4. The Morgan fingerprint density at radius 3 is 2.64 bits per heavy atom. The zero-order valence-corrected chi connectivity index (χ0v) is 11.8. The molecule has 0 spiro atoms. The number of ether oxygens (including phenoxy) is 1. The van der Waals surface area contributed by atoms with Crippen LogP contribution in [0.5, 0.6) is 0 Å². The molecule has 22 heavy (non-hydrogen) atoms. The third-order valence-electron chi connectivity index (χ3n) is 2.26. The van der Waals surface area contributed by atoms with Gasteiger partial charge in [0.15, 0.2) is 6.61 Å². The fourth-order valence-corrected chi connectivity index (χ4v) is 1.31. The first kappa shape index (κ1) is 17.1. The van der Waals surface area contributed by atoms with Crippen molar-refractivity contribution in [3.8, 4) is 0 Å². The Balaban J connectivity index is 2.37. The van der Waals surface area contributed by atoms with Gasteiger partial charge in [-0.2, -0.15) is 0 Å². The summed E-state index contributed by atoms with van der Waals surface area (Å²) in [7, 11) is 0. The smallest absolute Gasteiger partial charge is 0.331 e. The molecule has 6 nitrogen and oxygen atoms in total. The van der Waals surface area contributed by atoms with Gasteiger partial charge < -0.3 is 10.1 Å². The number of halogens is 1. The summed E-state index contributed by atoms with van der Waals surface area (Å²) >= 11 is 0. The molecule has 0 atom stereocenters. The standard InChI is InChI=1S/C15H15FN2O4/c1-2-3-4-9-14(20)22-10-13(19)18-15(21)17-12-8-6-5-7-11(12)16/h2-9H,10H2,1H3,(H2,17,18,19,21)/b3-2+,9-4+. The van der Waals surface area contributed by atoms with Crippen LogP contribution in [0.3, 0.4) is 0 Å². The fourth-order valence-electron chi connectivity index (χ4n) is 1.31. The Bertz CT molecular complexity index is 611. The number of urea groups is 1. The van der Waals surface area contributed by atoms with E-state index in [1.807, 2.05) is 5.32 Å². The third kappa shape index (κ3) is 6.47. The van der Waals surface area contributed by atoms with Gasteiger partial charge in [-0.25, -0.2) is 14.0 Å². The average Bonchev–Trinajstić information content (AvgIpc) is 2.48. The Morgan fingerprint density at radius 2 is 1.95 bits per heavy atom. The highest BCUT2D eigenvalue weighted by Gasteiger charge is 2.11. The van der Waals surface area contributed by atoms with Gasteiger partial charge in [-0.1, -0.05) is 30.4 Å². The maximum atomic E-state index is 13.3. The first-order valence-corrected chi connectivity index (χ1v) is 6.34. The van der Waals surface area contributed by atoms with E-state index in [4.69, 9.17) is 0 Å². The minimum absolute atomic E-state index is 0.0703. The first-order valence-electron chi connectivity index (χ1n) is 6.34. The molecule has 1 aromatic rings. The van der Waals surface area contributed by atoms with Crippen molar-refractivity contribution in [3.63, 3.8) is 0 Å². The number of esters is 1. The summed E-state index contributed by atoms with van der Waals surface area (Å²) < 4.78 is 17.9. The van der Waals surface area contributed by atoms with Crippen molar-refractivity contribution in [1.29, 1.82) is 0 Å². The quantitative estimate of drug-likeness (QED) is 0.496. The fraction of sp³-hybridized carbons (Fsp3) is 0.133. The molecule has 0 fully saturated rings. The summed E-state index contributed by atoms with van der Waals surface area (Å²) in [5, 5.41) is 4.07. The summed E-state index contributed by atoms with van der Waals surface area (Å²) in [4.78, 5) is 34.0. The number of benzene rings is 1. The van der Waals surface area contributed by atoms with Crippen LogP contribution >= 0.6 is 0 Å². The van der Waals surface area contributed by atoms with Gasteiger partial charge in [0.25, 0.3) is 5.91 Å². The minimum atomic E-state index is -0.921. The molecule has 0 aliphatic heterocycles. The van der Waals surface area contributed by atoms with E-state index in [9.17, 15) is 18.8 Å². The molecule has 0 heterocycles. The lowest BCUT2D eigenvalue weighted by Gasteiger charge is -2.07. The van der Waals surface area contributed by atoms with Crippen molar-refractivity contribution in [3.05, 3.63) is 54.4 Å². The van der Waals surface area contributed by atoms with Gasteiger partial charge >= 0.3 is 12.0 Å². The van der Waals surface area contributed by atoms with Crippen molar-refractivity contribution in [2.45, 2.75) is 6.92 Å². The van der Waals surface area contributed by atoms with Gasteiger partial charge in [0.05, 0.1) is 5.69 Å². The van der Waals surface area contributed by atoms with Crippen molar-refractivity contribution >= 4 is 23.6 Å². The lowest BCUT2D eigenvalue weighted by molar-refractivity contribution is -0.143. The van der Waals surface area contributed by atoms with Crippen LogP contribution in [-0.4, -0.2) is 24.5 Å². The number of carbonyl (C=O) groups is 3. The minimum Gasteiger partial charge on any atom is -0.452 e. The van der Waals surface area contributed by atoms with Crippen LogP contribution in [0.2, 0.25) is 0 Å². The number of carbonyl (C=O) groups excluding carboxylic acids is 3. The third-order valence-corrected chi connectivity index (χ3v) is 2.26. The predicted octanol–water partition coefficient (Wildman–Crippen LogP) is 2.15. The molecule has 0 unspecified atom stereocenters. The number of anilines is 1. The largest absolute Gasteiger partial charge is 0.452 e. The summed E-state index contributed by atoms with van der Waals surface area (Å²) in [5.41, 5.74) is -0.0703. The molecule has 0 aromatic heterocycles. The molecule has 7 heteroatoms. The second-order valence-corrected chi connectivity index (χ2v) is 3.97. The summed E-state index contributed by atoms with van der Waals surface area (Å²) in [6.45, 7) is 1.15. The Morgan fingerprint density at radius 1 is 1.23 bits per heavy atom. The Labute approximate surface area is 126 Å². The highest BCUT2D eigenvalue weighted by atomic mass is 19.1. The SMILES string of the molecule is C/C=C/C=C/C(=O)OCC(=O)NC(=O)Nc1ccccc1F. The number of nitrogens with one attached hydrogen (secondary N) is 2. The van der Waals surface area contributed by atoms with E-state index < -0.39 is 30.3 Å². The van der Waals surface area contributed by atoms with Crippen molar-refractivity contribution in [1.82, 2.24) is 5.32 Å². The number of amides is 3. The summed E-state index contributed by atoms with van der Waals surface area (Å²) in [6, 6.07) is 4.57. The van der Waals surface area contributed by atoms with Gasteiger partial charge in [-0.15, -0.1) is 0 Å². The second kappa shape index (κ2) is 9.06. The van der Waals surface area contributed by atoms with Crippen LogP contribution in [0.1, 0.15) is 6.92 Å². The highest BCUT2D eigenvalue weighted by Crippen LogP contribution is 2.11. The molecule has 2 N–H and O–H groups in total. The van der Waals surface area contributed by atoms with E-state index in [0.717, 1.165) is 12.1 Å². The van der Waals surface area contributed by atoms with Crippen molar-refractivity contribution in [2.75, 3.05) is 11.9 Å². The molecule has 0 saturated heterocycles. The lowest BCUT2D eigenvalue weighted by Crippen LogP contribution is -2.37. The van der Waals surface area contributed by atoms with Crippen LogP contribution in [0.25, 0.3) is 0 Å². The first-order chi connectivity index (χ1) is 10.5. The average molecular weight is 306 g/mol. The topological polar surface area (TPSA) is 84.5 Å².